The molecule has 0 aliphatic carbocycles. The van der Waals surface area contributed by atoms with Gasteiger partial charge in [0.25, 0.3) is 0 Å². The summed E-state index contributed by atoms with van der Waals surface area (Å²) in [6, 6.07) is 0. The van der Waals surface area contributed by atoms with Crippen LogP contribution in [-0.2, 0) is 4.74 Å². The zero-order valence-corrected chi connectivity index (χ0v) is 7.74. The van der Waals surface area contributed by atoms with Gasteiger partial charge < -0.3 is 16.2 Å². The first-order valence-electron chi connectivity index (χ1n) is 3.89. The van der Waals surface area contributed by atoms with Gasteiger partial charge in [-0.25, -0.2) is 0 Å². The second-order valence-corrected chi connectivity index (χ2v) is 2.25. The van der Waals surface area contributed by atoms with Crippen LogP contribution in [0.1, 0.15) is 19.3 Å². The molecule has 0 atom stereocenters. The molecule has 0 aromatic rings. The lowest BCUT2D eigenvalue weighted by atomic mass is 10.2. The lowest BCUT2D eigenvalue weighted by Crippen LogP contribution is -2.09. The van der Waals surface area contributed by atoms with E-state index in [1.165, 1.54) is 6.42 Å². The molecule has 0 aliphatic heterocycles. The molecule has 0 saturated carbocycles. The molecule has 0 fully saturated rings. The summed E-state index contributed by atoms with van der Waals surface area (Å²) in [5.41, 5.74) is 10.5. The average Bonchev–Trinajstić information content (AvgIpc) is 1.97. The number of ether oxygens (including phenoxy) is 1. The van der Waals surface area contributed by atoms with E-state index in [1.54, 1.807) is 0 Å². The quantitative estimate of drug-likeness (QED) is 0.565. The van der Waals surface area contributed by atoms with Crippen LogP contribution in [0.3, 0.4) is 0 Å². The van der Waals surface area contributed by atoms with Crippen LogP contribution in [-0.4, -0.2) is 26.3 Å². The molecular weight excluding hydrogens is 164 g/mol. The van der Waals surface area contributed by atoms with Crippen molar-refractivity contribution in [3.8, 4) is 0 Å². The molecule has 11 heavy (non-hydrogen) atoms. The normalized spacial score (nSPS) is 9.27. The van der Waals surface area contributed by atoms with Crippen LogP contribution in [0.25, 0.3) is 0 Å². The number of nitrogens with two attached hydrogens (primary N) is 2. The van der Waals surface area contributed by atoms with Gasteiger partial charge in [0.05, 0.1) is 6.61 Å². The summed E-state index contributed by atoms with van der Waals surface area (Å²) in [5, 5.41) is 0. The molecule has 0 bridgehead atoms. The van der Waals surface area contributed by atoms with Gasteiger partial charge in [-0.3, -0.25) is 0 Å². The zero-order chi connectivity index (χ0) is 7.66. The first-order chi connectivity index (χ1) is 4.91. The van der Waals surface area contributed by atoms with Crippen molar-refractivity contribution in [2.24, 2.45) is 11.5 Å². The van der Waals surface area contributed by atoms with E-state index in [2.05, 4.69) is 0 Å². The standard InChI is InChI=1S/C7H18N2O.ClH/c8-4-2-1-3-6-10-7-5-9;/h1-9H2;1H. The lowest BCUT2D eigenvalue weighted by Gasteiger charge is -2.00. The van der Waals surface area contributed by atoms with Crippen molar-refractivity contribution in [1.82, 2.24) is 0 Å². The van der Waals surface area contributed by atoms with E-state index in [1.807, 2.05) is 0 Å². The Hall–Kier alpha value is 0.170. The summed E-state index contributed by atoms with van der Waals surface area (Å²) in [6.07, 6.45) is 3.38. The van der Waals surface area contributed by atoms with Crippen molar-refractivity contribution in [2.45, 2.75) is 19.3 Å². The fourth-order valence-electron chi connectivity index (χ4n) is 0.711. The Kier molecular flexibility index (Phi) is 16.0. The van der Waals surface area contributed by atoms with Crippen LogP contribution in [0, 0.1) is 0 Å². The van der Waals surface area contributed by atoms with Crippen molar-refractivity contribution in [2.75, 3.05) is 26.3 Å². The predicted molar refractivity (Wildman–Crippen MR) is 50.0 cm³/mol. The summed E-state index contributed by atoms with van der Waals surface area (Å²) in [6.45, 7) is 2.92. The van der Waals surface area contributed by atoms with Crippen LogP contribution in [0.5, 0.6) is 0 Å². The molecule has 0 saturated heterocycles. The fraction of sp³-hybridized carbons (Fsp3) is 1.00. The molecule has 0 unspecified atom stereocenters. The molecule has 0 aliphatic rings. The van der Waals surface area contributed by atoms with Crippen LogP contribution < -0.4 is 11.5 Å². The Morgan fingerprint density at radius 3 is 2.09 bits per heavy atom. The van der Waals surface area contributed by atoms with E-state index < -0.39 is 0 Å². The Balaban J connectivity index is 0. The molecule has 0 amide bonds. The summed E-state index contributed by atoms with van der Waals surface area (Å²) >= 11 is 0. The largest absolute Gasteiger partial charge is 0.380 e. The number of halogens is 1. The Morgan fingerprint density at radius 2 is 1.55 bits per heavy atom. The van der Waals surface area contributed by atoms with E-state index >= 15 is 0 Å². The van der Waals surface area contributed by atoms with Gasteiger partial charge in [-0.15, -0.1) is 12.4 Å². The van der Waals surface area contributed by atoms with Crippen LogP contribution in [0.4, 0.5) is 0 Å². The summed E-state index contributed by atoms with van der Waals surface area (Å²) in [4.78, 5) is 0. The van der Waals surface area contributed by atoms with Gasteiger partial charge in [-0.05, 0) is 25.8 Å². The molecule has 4 heteroatoms. The molecule has 0 heterocycles. The first kappa shape index (κ1) is 13.7. The third kappa shape index (κ3) is 13.2. The van der Waals surface area contributed by atoms with E-state index in [0.29, 0.717) is 13.2 Å². The molecule has 0 spiro atoms. The minimum Gasteiger partial charge on any atom is -0.380 e. The van der Waals surface area contributed by atoms with E-state index in [9.17, 15) is 0 Å². The summed E-state index contributed by atoms with van der Waals surface area (Å²) in [7, 11) is 0. The minimum atomic E-state index is 0. The maximum atomic E-state index is 5.31. The second kappa shape index (κ2) is 12.8. The van der Waals surface area contributed by atoms with Crippen LogP contribution in [0.15, 0.2) is 0 Å². The highest BCUT2D eigenvalue weighted by molar-refractivity contribution is 5.85. The molecular formula is C7H19ClN2O. The molecule has 0 rings (SSSR count). The molecule has 0 aromatic heterocycles. The number of hydrogen-bond acceptors (Lipinski definition) is 3. The Morgan fingerprint density at radius 1 is 0.818 bits per heavy atom. The third-order valence-corrected chi connectivity index (χ3v) is 1.25. The third-order valence-electron chi connectivity index (χ3n) is 1.25. The second-order valence-electron chi connectivity index (χ2n) is 2.25. The topological polar surface area (TPSA) is 61.3 Å². The minimum absolute atomic E-state index is 0. The molecule has 0 aromatic carbocycles. The van der Waals surface area contributed by atoms with Gasteiger partial charge in [0, 0.05) is 13.2 Å². The monoisotopic (exact) mass is 182 g/mol. The van der Waals surface area contributed by atoms with Crippen LogP contribution >= 0.6 is 12.4 Å². The van der Waals surface area contributed by atoms with E-state index in [0.717, 1.165) is 26.0 Å². The predicted octanol–water partition coefficient (Wildman–Crippen LogP) is 0.512. The van der Waals surface area contributed by atoms with E-state index in [4.69, 9.17) is 16.2 Å². The van der Waals surface area contributed by atoms with Gasteiger partial charge in [0.2, 0.25) is 0 Å². The number of rotatable bonds is 7. The van der Waals surface area contributed by atoms with Gasteiger partial charge in [-0.2, -0.15) is 0 Å². The van der Waals surface area contributed by atoms with Crippen molar-refractivity contribution in [3.63, 3.8) is 0 Å². The Labute approximate surface area is 74.9 Å². The van der Waals surface area contributed by atoms with Crippen molar-refractivity contribution >= 4 is 12.4 Å². The van der Waals surface area contributed by atoms with Gasteiger partial charge >= 0.3 is 0 Å². The number of hydrogen-bond donors (Lipinski definition) is 2. The van der Waals surface area contributed by atoms with Crippen molar-refractivity contribution in [1.29, 1.82) is 0 Å². The zero-order valence-electron chi connectivity index (χ0n) is 6.92. The van der Waals surface area contributed by atoms with Gasteiger partial charge in [0.1, 0.15) is 0 Å². The highest BCUT2D eigenvalue weighted by Crippen LogP contribution is 1.92. The molecule has 3 nitrogen and oxygen atoms in total. The van der Waals surface area contributed by atoms with Gasteiger partial charge in [-0.1, -0.05) is 0 Å². The number of unbranched alkanes of at least 4 members (excludes halogenated alkanes) is 2. The molecule has 0 radical (unpaired) electrons. The van der Waals surface area contributed by atoms with Crippen LogP contribution in [0.2, 0.25) is 0 Å². The summed E-state index contributed by atoms with van der Waals surface area (Å²) < 4.78 is 5.16. The lowest BCUT2D eigenvalue weighted by molar-refractivity contribution is 0.137. The highest BCUT2D eigenvalue weighted by atomic mass is 35.5. The first-order valence-corrected chi connectivity index (χ1v) is 3.89. The molecule has 70 valence electrons. The average molecular weight is 183 g/mol. The highest BCUT2D eigenvalue weighted by Gasteiger charge is 1.86. The smallest absolute Gasteiger partial charge is 0.0588 e. The van der Waals surface area contributed by atoms with Crippen molar-refractivity contribution < 1.29 is 4.74 Å². The summed E-state index contributed by atoms with van der Waals surface area (Å²) in [5.74, 6) is 0. The van der Waals surface area contributed by atoms with E-state index in [-0.39, 0.29) is 12.4 Å². The maximum Gasteiger partial charge on any atom is 0.0588 e. The SMILES string of the molecule is Cl.NCCCCCOCCN. The Bertz CT molecular complexity index is 56.4. The fourth-order valence-corrected chi connectivity index (χ4v) is 0.711. The van der Waals surface area contributed by atoms with Gasteiger partial charge in [0.15, 0.2) is 0 Å². The maximum absolute atomic E-state index is 5.31. The van der Waals surface area contributed by atoms with Crippen molar-refractivity contribution in [3.05, 3.63) is 0 Å². The molecule has 4 N–H and O–H groups in total.